The van der Waals surface area contributed by atoms with Crippen LogP contribution in [0.3, 0.4) is 0 Å². The van der Waals surface area contributed by atoms with E-state index in [2.05, 4.69) is 25.7 Å². The average Bonchev–Trinajstić information content (AvgIpc) is 2.41. The maximum atomic E-state index is 5.69. The molecule has 0 aromatic heterocycles. The van der Waals surface area contributed by atoms with E-state index in [-0.39, 0.29) is 5.79 Å². The van der Waals surface area contributed by atoms with Crippen molar-refractivity contribution in [2.24, 2.45) is 5.41 Å². The summed E-state index contributed by atoms with van der Waals surface area (Å²) in [5, 5.41) is 0. The van der Waals surface area contributed by atoms with Crippen LogP contribution in [0.4, 0.5) is 0 Å². The summed E-state index contributed by atoms with van der Waals surface area (Å²) in [6, 6.07) is 0. The Morgan fingerprint density at radius 1 is 1.00 bits per heavy atom. The second kappa shape index (κ2) is 2.76. The molecule has 3 rings (SSSR count). The molecular formula is C12H21NO2. The number of hydrogen-bond acceptors (Lipinski definition) is 3. The Morgan fingerprint density at radius 3 is 2.00 bits per heavy atom. The Balaban J connectivity index is 1.56. The maximum absolute atomic E-state index is 5.69. The summed E-state index contributed by atoms with van der Waals surface area (Å²) in [6.07, 6.45) is 2.24. The second-order valence-corrected chi connectivity index (χ2v) is 6.49. The van der Waals surface area contributed by atoms with Gasteiger partial charge in [0.2, 0.25) is 0 Å². The Morgan fingerprint density at radius 2 is 1.53 bits per heavy atom. The fourth-order valence-electron chi connectivity index (χ4n) is 3.25. The van der Waals surface area contributed by atoms with Crippen LogP contribution < -0.4 is 0 Å². The van der Waals surface area contributed by atoms with Gasteiger partial charge < -0.3 is 9.47 Å². The molecular weight excluding hydrogens is 190 g/mol. The van der Waals surface area contributed by atoms with Gasteiger partial charge in [-0.05, 0) is 20.8 Å². The SMILES string of the molecule is CC(C)(C)N1CC2(C1)CC1(C2)OCCO1. The molecule has 0 unspecified atom stereocenters. The van der Waals surface area contributed by atoms with Gasteiger partial charge in [-0.15, -0.1) is 0 Å². The molecule has 15 heavy (non-hydrogen) atoms. The molecule has 1 saturated carbocycles. The van der Waals surface area contributed by atoms with Crippen LogP contribution in [0.1, 0.15) is 33.6 Å². The molecule has 2 saturated heterocycles. The molecule has 3 fully saturated rings. The quantitative estimate of drug-likeness (QED) is 0.608. The average molecular weight is 211 g/mol. The summed E-state index contributed by atoms with van der Waals surface area (Å²) >= 11 is 0. The number of rotatable bonds is 0. The first-order valence-corrected chi connectivity index (χ1v) is 5.96. The van der Waals surface area contributed by atoms with Crippen LogP contribution in [0.25, 0.3) is 0 Å². The topological polar surface area (TPSA) is 21.7 Å². The maximum Gasteiger partial charge on any atom is 0.169 e. The van der Waals surface area contributed by atoms with Gasteiger partial charge in [0.05, 0.1) is 13.2 Å². The highest BCUT2D eigenvalue weighted by atomic mass is 16.7. The Kier molecular flexibility index (Phi) is 1.85. The molecule has 3 aliphatic rings. The highest BCUT2D eigenvalue weighted by Crippen LogP contribution is 2.58. The van der Waals surface area contributed by atoms with E-state index >= 15 is 0 Å². The smallest absolute Gasteiger partial charge is 0.169 e. The number of nitrogens with zero attached hydrogens (tertiary/aromatic N) is 1. The van der Waals surface area contributed by atoms with Crippen LogP contribution in [0, 0.1) is 5.41 Å². The summed E-state index contributed by atoms with van der Waals surface area (Å²) in [6.45, 7) is 10.9. The second-order valence-electron chi connectivity index (χ2n) is 6.49. The Bertz CT molecular complexity index is 260. The van der Waals surface area contributed by atoms with Gasteiger partial charge >= 0.3 is 0 Å². The van der Waals surface area contributed by atoms with Gasteiger partial charge in [-0.25, -0.2) is 0 Å². The minimum Gasteiger partial charge on any atom is -0.347 e. The molecule has 0 aromatic rings. The van der Waals surface area contributed by atoms with Crippen molar-refractivity contribution in [3.8, 4) is 0 Å². The molecule has 0 bridgehead atoms. The highest BCUT2D eigenvalue weighted by molar-refractivity contribution is 5.11. The van der Waals surface area contributed by atoms with E-state index in [0.29, 0.717) is 11.0 Å². The number of likely N-dealkylation sites (tertiary alicyclic amines) is 1. The van der Waals surface area contributed by atoms with E-state index in [1.165, 1.54) is 13.1 Å². The zero-order valence-corrected chi connectivity index (χ0v) is 10.0. The molecule has 3 heteroatoms. The van der Waals surface area contributed by atoms with Gasteiger partial charge in [-0.2, -0.15) is 0 Å². The zero-order valence-electron chi connectivity index (χ0n) is 10.0. The summed E-state index contributed by atoms with van der Waals surface area (Å²) in [5.41, 5.74) is 0.850. The molecule has 0 amide bonds. The molecule has 2 heterocycles. The van der Waals surface area contributed by atoms with E-state index in [1.54, 1.807) is 0 Å². The lowest BCUT2D eigenvalue weighted by Gasteiger charge is -2.64. The van der Waals surface area contributed by atoms with Gasteiger partial charge in [0.1, 0.15) is 0 Å². The third kappa shape index (κ3) is 1.44. The van der Waals surface area contributed by atoms with Gasteiger partial charge in [-0.3, -0.25) is 4.90 Å². The van der Waals surface area contributed by atoms with Crippen molar-refractivity contribution in [1.82, 2.24) is 4.90 Å². The van der Waals surface area contributed by atoms with Crippen LogP contribution in [0.5, 0.6) is 0 Å². The lowest BCUT2D eigenvalue weighted by atomic mass is 9.59. The summed E-state index contributed by atoms with van der Waals surface area (Å²) in [4.78, 5) is 2.55. The van der Waals surface area contributed by atoms with Crippen LogP contribution >= 0.6 is 0 Å². The van der Waals surface area contributed by atoms with Crippen molar-refractivity contribution in [3.05, 3.63) is 0 Å². The van der Waals surface area contributed by atoms with Crippen molar-refractivity contribution >= 4 is 0 Å². The minimum absolute atomic E-state index is 0.163. The molecule has 3 nitrogen and oxygen atoms in total. The van der Waals surface area contributed by atoms with Gasteiger partial charge in [0.15, 0.2) is 5.79 Å². The summed E-state index contributed by atoms with van der Waals surface area (Å²) < 4.78 is 11.4. The molecule has 2 spiro atoms. The first kappa shape index (κ1) is 10.1. The van der Waals surface area contributed by atoms with Crippen LogP contribution in [0.2, 0.25) is 0 Å². The van der Waals surface area contributed by atoms with Crippen LogP contribution in [0.15, 0.2) is 0 Å². The van der Waals surface area contributed by atoms with Crippen LogP contribution in [-0.4, -0.2) is 42.5 Å². The normalized spacial score (nSPS) is 33.0. The lowest BCUT2D eigenvalue weighted by Crippen LogP contribution is -2.71. The van der Waals surface area contributed by atoms with E-state index in [4.69, 9.17) is 9.47 Å². The minimum atomic E-state index is -0.163. The summed E-state index contributed by atoms with van der Waals surface area (Å²) in [7, 11) is 0. The Labute approximate surface area is 91.7 Å². The molecule has 2 aliphatic heterocycles. The summed E-state index contributed by atoms with van der Waals surface area (Å²) in [5.74, 6) is -0.163. The largest absolute Gasteiger partial charge is 0.347 e. The van der Waals surface area contributed by atoms with Gasteiger partial charge in [0.25, 0.3) is 0 Å². The lowest BCUT2D eigenvalue weighted by molar-refractivity contribution is -0.296. The predicted octanol–water partition coefficient (Wildman–Crippen LogP) is 1.62. The first-order chi connectivity index (χ1) is 6.93. The Hall–Kier alpha value is -0.120. The molecule has 0 radical (unpaired) electrons. The number of hydrogen-bond donors (Lipinski definition) is 0. The molecule has 86 valence electrons. The van der Waals surface area contributed by atoms with Crippen molar-refractivity contribution in [1.29, 1.82) is 0 Å². The predicted molar refractivity (Wildman–Crippen MR) is 57.6 cm³/mol. The third-order valence-corrected chi connectivity index (χ3v) is 4.10. The standard InChI is InChI=1S/C12H21NO2/c1-10(2,3)13-8-11(9-13)6-12(7-11)14-4-5-15-12/h4-9H2,1-3H3. The van der Waals surface area contributed by atoms with Crippen molar-refractivity contribution < 1.29 is 9.47 Å². The van der Waals surface area contributed by atoms with Crippen molar-refractivity contribution in [3.63, 3.8) is 0 Å². The molecule has 0 aromatic carbocycles. The van der Waals surface area contributed by atoms with Crippen molar-refractivity contribution in [2.75, 3.05) is 26.3 Å². The highest BCUT2D eigenvalue weighted by Gasteiger charge is 2.63. The van der Waals surface area contributed by atoms with E-state index in [0.717, 1.165) is 26.1 Å². The van der Waals surface area contributed by atoms with E-state index in [1.807, 2.05) is 0 Å². The third-order valence-electron chi connectivity index (χ3n) is 4.10. The van der Waals surface area contributed by atoms with Crippen molar-refractivity contribution in [2.45, 2.75) is 44.9 Å². The van der Waals surface area contributed by atoms with Crippen LogP contribution in [-0.2, 0) is 9.47 Å². The first-order valence-electron chi connectivity index (χ1n) is 5.96. The monoisotopic (exact) mass is 211 g/mol. The molecule has 0 atom stereocenters. The fraction of sp³-hybridized carbons (Fsp3) is 1.00. The van der Waals surface area contributed by atoms with Gasteiger partial charge in [0, 0.05) is 36.9 Å². The van der Waals surface area contributed by atoms with Gasteiger partial charge in [-0.1, -0.05) is 0 Å². The number of ether oxygens (including phenoxy) is 2. The molecule has 0 N–H and O–H groups in total. The van der Waals surface area contributed by atoms with E-state index in [9.17, 15) is 0 Å². The molecule has 1 aliphatic carbocycles. The fourth-order valence-corrected chi connectivity index (χ4v) is 3.25. The zero-order chi connectivity index (χ0) is 10.7. The van der Waals surface area contributed by atoms with E-state index < -0.39 is 0 Å².